The maximum Gasteiger partial charge on any atom is 0.418 e. The first-order valence-corrected chi connectivity index (χ1v) is 5.03. The van der Waals surface area contributed by atoms with Crippen molar-refractivity contribution in [2.75, 3.05) is 5.32 Å². The molecule has 0 aliphatic rings. The molecule has 1 rings (SSSR count). The van der Waals surface area contributed by atoms with Crippen LogP contribution in [0.2, 0.25) is 5.02 Å². The summed E-state index contributed by atoms with van der Waals surface area (Å²) in [7, 11) is 0. The Morgan fingerprint density at radius 2 is 2.06 bits per heavy atom. The summed E-state index contributed by atoms with van der Waals surface area (Å²) >= 11 is 5.64. The van der Waals surface area contributed by atoms with E-state index in [4.69, 9.17) is 11.6 Å². The zero-order valence-corrected chi connectivity index (χ0v) is 9.56. The minimum atomic E-state index is -4.57. The van der Waals surface area contributed by atoms with Crippen LogP contribution in [0, 0.1) is 0 Å². The number of hydrogen-bond acceptors (Lipinski definition) is 1. The predicted molar refractivity (Wildman–Crippen MR) is 59.9 cm³/mol. The van der Waals surface area contributed by atoms with Gasteiger partial charge in [-0.05, 0) is 25.1 Å². The van der Waals surface area contributed by atoms with Crippen LogP contribution in [0.3, 0.4) is 0 Å². The highest BCUT2D eigenvalue weighted by atomic mass is 35.5. The number of nitrogens with one attached hydrogen (secondary N) is 1. The maximum absolute atomic E-state index is 12.6. The van der Waals surface area contributed by atoms with Gasteiger partial charge in [0.15, 0.2) is 0 Å². The molecule has 0 fully saturated rings. The van der Waals surface area contributed by atoms with Gasteiger partial charge >= 0.3 is 6.18 Å². The third-order valence-corrected chi connectivity index (χ3v) is 2.20. The second-order valence-electron chi connectivity index (χ2n) is 3.15. The van der Waals surface area contributed by atoms with E-state index in [2.05, 4.69) is 5.32 Å². The zero-order chi connectivity index (χ0) is 13.1. The topological polar surface area (TPSA) is 29.1 Å². The van der Waals surface area contributed by atoms with Gasteiger partial charge in [-0.3, -0.25) is 4.79 Å². The van der Waals surface area contributed by atoms with Gasteiger partial charge in [0.2, 0.25) is 5.91 Å². The molecule has 0 aromatic heterocycles. The van der Waals surface area contributed by atoms with E-state index in [9.17, 15) is 18.0 Å². The van der Waals surface area contributed by atoms with Gasteiger partial charge in [-0.25, -0.2) is 0 Å². The lowest BCUT2D eigenvalue weighted by molar-refractivity contribution is -0.136. The smallest absolute Gasteiger partial charge is 0.321 e. The monoisotopic (exact) mass is 263 g/mol. The molecule has 1 N–H and O–H groups in total. The average molecular weight is 264 g/mol. The molecule has 0 atom stereocenters. The summed E-state index contributed by atoms with van der Waals surface area (Å²) < 4.78 is 37.9. The van der Waals surface area contributed by atoms with Crippen molar-refractivity contribution in [3.63, 3.8) is 0 Å². The molecule has 1 aromatic rings. The van der Waals surface area contributed by atoms with Crippen LogP contribution < -0.4 is 5.32 Å². The maximum atomic E-state index is 12.6. The molecule has 0 aliphatic heterocycles. The minimum absolute atomic E-state index is 0.155. The SMILES string of the molecule is CC=CC(=O)Nc1c(Cl)cccc1C(F)(F)F. The van der Waals surface area contributed by atoms with Crippen LogP contribution in [-0.4, -0.2) is 5.91 Å². The fraction of sp³-hybridized carbons (Fsp3) is 0.182. The van der Waals surface area contributed by atoms with E-state index in [-0.39, 0.29) is 5.02 Å². The molecule has 0 bridgehead atoms. The molecular formula is C11H9ClF3NO. The third-order valence-electron chi connectivity index (χ3n) is 1.89. The molecule has 2 nitrogen and oxygen atoms in total. The second-order valence-corrected chi connectivity index (χ2v) is 3.56. The van der Waals surface area contributed by atoms with Crippen molar-refractivity contribution in [3.05, 3.63) is 40.9 Å². The Kier molecular flexibility index (Phi) is 4.17. The largest absolute Gasteiger partial charge is 0.418 e. The van der Waals surface area contributed by atoms with Crippen LogP contribution in [0.15, 0.2) is 30.4 Å². The first kappa shape index (κ1) is 13.6. The minimum Gasteiger partial charge on any atom is -0.321 e. The van der Waals surface area contributed by atoms with Gasteiger partial charge < -0.3 is 5.32 Å². The molecule has 0 spiro atoms. The van der Waals surface area contributed by atoms with E-state index < -0.39 is 23.3 Å². The summed E-state index contributed by atoms with van der Waals surface area (Å²) in [6.45, 7) is 1.58. The predicted octanol–water partition coefficient (Wildman–Crippen LogP) is 3.87. The van der Waals surface area contributed by atoms with Crippen molar-refractivity contribution in [1.82, 2.24) is 0 Å². The van der Waals surface area contributed by atoms with Gasteiger partial charge in [-0.15, -0.1) is 0 Å². The third kappa shape index (κ3) is 3.49. The van der Waals surface area contributed by atoms with Gasteiger partial charge in [0.05, 0.1) is 16.3 Å². The Labute approximate surface area is 101 Å². The fourth-order valence-corrected chi connectivity index (χ4v) is 1.43. The quantitative estimate of drug-likeness (QED) is 0.806. The molecule has 0 saturated heterocycles. The van der Waals surface area contributed by atoms with Gasteiger partial charge in [0, 0.05) is 0 Å². The number of rotatable bonds is 2. The van der Waals surface area contributed by atoms with Gasteiger partial charge in [-0.2, -0.15) is 13.2 Å². The van der Waals surface area contributed by atoms with E-state index >= 15 is 0 Å². The van der Waals surface area contributed by atoms with Gasteiger partial charge in [0.25, 0.3) is 0 Å². The molecule has 0 aliphatic carbocycles. The van der Waals surface area contributed by atoms with Crippen molar-refractivity contribution in [2.24, 2.45) is 0 Å². The van der Waals surface area contributed by atoms with Crippen LogP contribution in [0.4, 0.5) is 18.9 Å². The summed E-state index contributed by atoms with van der Waals surface area (Å²) in [5.74, 6) is -0.661. The number of halogens is 4. The van der Waals surface area contributed by atoms with E-state index in [0.717, 1.165) is 12.1 Å². The Balaban J connectivity index is 3.17. The lowest BCUT2D eigenvalue weighted by Crippen LogP contribution is -2.15. The highest BCUT2D eigenvalue weighted by Crippen LogP contribution is 2.38. The molecule has 0 heterocycles. The number of carbonyl (C=O) groups excluding carboxylic acids is 1. The molecule has 6 heteroatoms. The van der Waals surface area contributed by atoms with Crippen molar-refractivity contribution in [3.8, 4) is 0 Å². The van der Waals surface area contributed by atoms with E-state index in [0.29, 0.717) is 0 Å². The van der Waals surface area contributed by atoms with Crippen LogP contribution in [0.1, 0.15) is 12.5 Å². The highest BCUT2D eigenvalue weighted by Gasteiger charge is 2.34. The van der Waals surface area contributed by atoms with Crippen molar-refractivity contribution < 1.29 is 18.0 Å². The van der Waals surface area contributed by atoms with Gasteiger partial charge in [-0.1, -0.05) is 23.7 Å². The number of carbonyl (C=O) groups is 1. The molecule has 0 radical (unpaired) electrons. The molecule has 92 valence electrons. The molecule has 0 unspecified atom stereocenters. The Bertz CT molecular complexity index is 455. The Morgan fingerprint density at radius 1 is 1.41 bits per heavy atom. The van der Waals surface area contributed by atoms with Crippen LogP contribution in [0.25, 0.3) is 0 Å². The number of anilines is 1. The lowest BCUT2D eigenvalue weighted by atomic mass is 10.1. The first-order valence-electron chi connectivity index (χ1n) is 4.65. The van der Waals surface area contributed by atoms with E-state index in [1.54, 1.807) is 6.92 Å². The fourth-order valence-electron chi connectivity index (χ4n) is 1.20. The van der Waals surface area contributed by atoms with Crippen molar-refractivity contribution in [2.45, 2.75) is 13.1 Å². The van der Waals surface area contributed by atoms with Gasteiger partial charge in [0.1, 0.15) is 0 Å². The Hall–Kier alpha value is -1.49. The number of para-hydroxylation sites is 1. The summed E-state index contributed by atoms with van der Waals surface area (Å²) in [5.41, 5.74) is -1.40. The highest BCUT2D eigenvalue weighted by molar-refractivity contribution is 6.34. The molecular weight excluding hydrogens is 255 g/mol. The van der Waals surface area contributed by atoms with Crippen LogP contribution in [-0.2, 0) is 11.0 Å². The molecule has 1 aromatic carbocycles. The van der Waals surface area contributed by atoms with Crippen LogP contribution in [0.5, 0.6) is 0 Å². The van der Waals surface area contributed by atoms with Crippen LogP contribution >= 0.6 is 11.6 Å². The summed E-state index contributed by atoms with van der Waals surface area (Å²) in [4.78, 5) is 11.2. The second kappa shape index (κ2) is 5.23. The number of amides is 1. The summed E-state index contributed by atoms with van der Waals surface area (Å²) in [6.07, 6.45) is -2.04. The Morgan fingerprint density at radius 3 is 2.59 bits per heavy atom. The summed E-state index contributed by atoms with van der Waals surface area (Å²) in [6, 6.07) is 3.32. The molecule has 0 saturated carbocycles. The number of hydrogen-bond donors (Lipinski definition) is 1. The molecule has 17 heavy (non-hydrogen) atoms. The standard InChI is InChI=1S/C11H9ClF3NO/c1-2-4-9(17)16-10-7(11(13,14)15)5-3-6-8(10)12/h2-6H,1H3,(H,16,17). The van der Waals surface area contributed by atoms with E-state index in [1.807, 2.05) is 0 Å². The van der Waals surface area contributed by atoms with E-state index in [1.165, 1.54) is 18.2 Å². The number of allylic oxidation sites excluding steroid dienone is 1. The zero-order valence-electron chi connectivity index (χ0n) is 8.81. The first-order chi connectivity index (χ1) is 7.86. The lowest BCUT2D eigenvalue weighted by Gasteiger charge is -2.14. The number of alkyl halides is 3. The summed E-state index contributed by atoms with van der Waals surface area (Å²) in [5, 5.41) is 1.95. The number of benzene rings is 1. The average Bonchev–Trinajstić information content (AvgIpc) is 2.19. The van der Waals surface area contributed by atoms with Crippen molar-refractivity contribution >= 4 is 23.2 Å². The normalized spacial score (nSPS) is 11.8. The van der Waals surface area contributed by atoms with Crippen molar-refractivity contribution in [1.29, 1.82) is 0 Å². The molecule has 1 amide bonds.